The molecule has 108 valence electrons. The van der Waals surface area contributed by atoms with Crippen molar-refractivity contribution in [2.75, 3.05) is 29.5 Å². The lowest BCUT2D eigenvalue weighted by molar-refractivity contribution is 0.381. The Balaban J connectivity index is 0.000000312. The van der Waals surface area contributed by atoms with Gasteiger partial charge in [-0.2, -0.15) is 8.42 Å². The number of nitrogen functional groups attached to an aromatic ring is 2. The Kier molecular flexibility index (Phi) is 5.40. The lowest BCUT2D eigenvalue weighted by Crippen LogP contribution is -2.29. The molecule has 19 heavy (non-hydrogen) atoms. The highest BCUT2D eigenvalue weighted by Crippen LogP contribution is 2.27. The molecule has 0 amide bonds. The highest BCUT2D eigenvalue weighted by atomic mass is 32.3. The normalized spacial score (nSPS) is 15.6. The summed E-state index contributed by atoms with van der Waals surface area (Å²) in [5.74, 6) is 0. The molecule has 6 N–H and O–H groups in total. The predicted octanol–water partition coefficient (Wildman–Crippen LogP) is 1.19. The van der Waals surface area contributed by atoms with Crippen molar-refractivity contribution in [3.05, 3.63) is 18.2 Å². The van der Waals surface area contributed by atoms with Crippen LogP contribution < -0.4 is 16.4 Å². The van der Waals surface area contributed by atoms with Crippen molar-refractivity contribution in [2.24, 2.45) is 0 Å². The van der Waals surface area contributed by atoms with Crippen LogP contribution in [-0.4, -0.2) is 30.6 Å². The van der Waals surface area contributed by atoms with Crippen molar-refractivity contribution in [1.29, 1.82) is 0 Å². The van der Waals surface area contributed by atoms with Gasteiger partial charge in [0.05, 0.1) is 11.4 Å². The maximum absolute atomic E-state index is 8.74. The van der Waals surface area contributed by atoms with E-state index in [4.69, 9.17) is 29.0 Å². The third-order valence-corrected chi connectivity index (χ3v) is 2.75. The van der Waals surface area contributed by atoms with Crippen LogP contribution in [0.1, 0.15) is 19.3 Å². The lowest BCUT2D eigenvalue weighted by atomic mass is 10.1. The summed E-state index contributed by atoms with van der Waals surface area (Å²) in [4.78, 5) is 2.35. The number of hydrogen-bond acceptors (Lipinski definition) is 5. The Labute approximate surface area is 112 Å². The summed E-state index contributed by atoms with van der Waals surface area (Å²) in [6.45, 7) is 2.24. The molecule has 0 aliphatic carbocycles. The molecule has 0 aromatic heterocycles. The van der Waals surface area contributed by atoms with E-state index in [-0.39, 0.29) is 0 Å². The van der Waals surface area contributed by atoms with Crippen LogP contribution >= 0.6 is 0 Å². The Hall–Kier alpha value is -1.51. The third kappa shape index (κ3) is 6.27. The van der Waals surface area contributed by atoms with Crippen LogP contribution in [-0.2, 0) is 10.4 Å². The third-order valence-electron chi connectivity index (χ3n) is 2.75. The first kappa shape index (κ1) is 15.5. The first-order valence-electron chi connectivity index (χ1n) is 5.87. The summed E-state index contributed by atoms with van der Waals surface area (Å²) in [6.07, 6.45) is 3.87. The van der Waals surface area contributed by atoms with E-state index in [0.717, 1.165) is 30.2 Å². The van der Waals surface area contributed by atoms with Crippen LogP contribution in [0.2, 0.25) is 0 Å². The van der Waals surface area contributed by atoms with Crippen molar-refractivity contribution >= 4 is 27.5 Å². The second kappa shape index (κ2) is 6.60. The summed E-state index contributed by atoms with van der Waals surface area (Å²) in [6, 6.07) is 5.78. The topological polar surface area (TPSA) is 130 Å². The Bertz CT molecular complexity index is 505. The molecule has 0 atom stereocenters. The first-order chi connectivity index (χ1) is 8.77. The molecule has 1 fully saturated rings. The zero-order valence-electron chi connectivity index (χ0n) is 10.5. The maximum atomic E-state index is 8.74. The Morgan fingerprint density at radius 3 is 2.05 bits per heavy atom. The second-order valence-electron chi connectivity index (χ2n) is 4.31. The van der Waals surface area contributed by atoms with E-state index in [9.17, 15) is 0 Å². The molecule has 0 saturated carbocycles. The number of piperidine rings is 1. The minimum Gasteiger partial charge on any atom is -0.399 e. The molecular formula is C11H19N3O4S. The van der Waals surface area contributed by atoms with Gasteiger partial charge in [-0.25, -0.2) is 0 Å². The second-order valence-corrected chi connectivity index (χ2v) is 5.21. The average Bonchev–Trinajstić information content (AvgIpc) is 2.28. The van der Waals surface area contributed by atoms with E-state index >= 15 is 0 Å². The van der Waals surface area contributed by atoms with E-state index in [1.54, 1.807) is 0 Å². The zero-order valence-corrected chi connectivity index (χ0v) is 11.3. The van der Waals surface area contributed by atoms with Gasteiger partial charge in [0, 0.05) is 18.8 Å². The fourth-order valence-corrected chi connectivity index (χ4v) is 2.00. The highest BCUT2D eigenvalue weighted by Gasteiger charge is 2.12. The van der Waals surface area contributed by atoms with Crippen molar-refractivity contribution in [3.63, 3.8) is 0 Å². The molecule has 1 aliphatic heterocycles. The van der Waals surface area contributed by atoms with Crippen molar-refractivity contribution < 1.29 is 17.5 Å². The Morgan fingerprint density at radius 1 is 1.05 bits per heavy atom. The summed E-state index contributed by atoms with van der Waals surface area (Å²) in [5, 5.41) is 0. The molecule has 1 heterocycles. The molecule has 1 saturated heterocycles. The van der Waals surface area contributed by atoms with Gasteiger partial charge < -0.3 is 16.4 Å². The molecule has 2 rings (SSSR count). The van der Waals surface area contributed by atoms with E-state index in [0.29, 0.717) is 0 Å². The van der Waals surface area contributed by atoms with Gasteiger partial charge in [0.1, 0.15) is 0 Å². The van der Waals surface area contributed by atoms with Gasteiger partial charge in [0.15, 0.2) is 0 Å². The quantitative estimate of drug-likeness (QED) is 0.451. The zero-order chi connectivity index (χ0) is 14.5. The minimum atomic E-state index is -4.67. The number of anilines is 3. The van der Waals surface area contributed by atoms with Crippen LogP contribution in [0.5, 0.6) is 0 Å². The number of benzene rings is 1. The van der Waals surface area contributed by atoms with Gasteiger partial charge in [0.25, 0.3) is 0 Å². The van der Waals surface area contributed by atoms with Crippen LogP contribution in [0.4, 0.5) is 17.1 Å². The van der Waals surface area contributed by atoms with Crippen molar-refractivity contribution in [3.8, 4) is 0 Å². The van der Waals surface area contributed by atoms with E-state index in [1.807, 2.05) is 18.2 Å². The van der Waals surface area contributed by atoms with Crippen LogP contribution in [0.15, 0.2) is 18.2 Å². The summed E-state index contributed by atoms with van der Waals surface area (Å²) in [5.41, 5.74) is 14.3. The van der Waals surface area contributed by atoms with E-state index in [2.05, 4.69) is 4.90 Å². The average molecular weight is 289 g/mol. The molecule has 7 nitrogen and oxygen atoms in total. The van der Waals surface area contributed by atoms with Crippen LogP contribution in [0.25, 0.3) is 0 Å². The molecule has 1 aromatic rings. The number of nitrogens with zero attached hydrogens (tertiary/aromatic N) is 1. The van der Waals surface area contributed by atoms with E-state index in [1.165, 1.54) is 19.3 Å². The monoisotopic (exact) mass is 289 g/mol. The number of rotatable bonds is 1. The summed E-state index contributed by atoms with van der Waals surface area (Å²) in [7, 11) is -4.67. The summed E-state index contributed by atoms with van der Waals surface area (Å²) >= 11 is 0. The highest BCUT2D eigenvalue weighted by molar-refractivity contribution is 7.79. The Morgan fingerprint density at radius 2 is 1.58 bits per heavy atom. The largest absolute Gasteiger partial charge is 0.399 e. The number of hydrogen-bond donors (Lipinski definition) is 4. The van der Waals surface area contributed by atoms with Crippen LogP contribution in [0, 0.1) is 0 Å². The molecule has 0 radical (unpaired) electrons. The van der Waals surface area contributed by atoms with Crippen molar-refractivity contribution in [2.45, 2.75) is 19.3 Å². The molecule has 8 heteroatoms. The number of nitrogens with two attached hydrogens (primary N) is 2. The lowest BCUT2D eigenvalue weighted by Gasteiger charge is -2.29. The van der Waals surface area contributed by atoms with Crippen molar-refractivity contribution in [1.82, 2.24) is 0 Å². The van der Waals surface area contributed by atoms with Gasteiger partial charge in [-0.05, 0) is 37.5 Å². The predicted molar refractivity (Wildman–Crippen MR) is 75.5 cm³/mol. The first-order valence-corrected chi connectivity index (χ1v) is 7.27. The maximum Gasteiger partial charge on any atom is 0.394 e. The molecule has 0 unspecified atom stereocenters. The molecule has 0 bridgehead atoms. The van der Waals surface area contributed by atoms with Gasteiger partial charge >= 0.3 is 10.4 Å². The van der Waals surface area contributed by atoms with Gasteiger partial charge in [-0.15, -0.1) is 0 Å². The minimum absolute atomic E-state index is 0.739. The molecule has 1 aliphatic rings. The fraction of sp³-hybridized carbons (Fsp3) is 0.455. The molecule has 0 spiro atoms. The van der Waals surface area contributed by atoms with Gasteiger partial charge in [-0.3, -0.25) is 9.11 Å². The van der Waals surface area contributed by atoms with E-state index < -0.39 is 10.4 Å². The molecular weight excluding hydrogens is 270 g/mol. The van der Waals surface area contributed by atoms with Crippen LogP contribution in [0.3, 0.4) is 0 Å². The molecule has 1 aromatic carbocycles. The summed E-state index contributed by atoms with van der Waals surface area (Å²) < 4.78 is 31.6. The van der Waals surface area contributed by atoms with Gasteiger partial charge in [-0.1, -0.05) is 0 Å². The fourth-order valence-electron chi connectivity index (χ4n) is 2.00. The standard InChI is InChI=1S/C11H17N3.H2O4S/c12-9-4-5-11(10(13)8-9)14-6-2-1-3-7-14;1-5(2,3)4/h4-5,8H,1-3,6-7,12-13H2;(H2,1,2,3,4). The SMILES string of the molecule is Nc1ccc(N2CCCCC2)c(N)c1.O=S(=O)(O)O. The smallest absolute Gasteiger partial charge is 0.394 e. The van der Waals surface area contributed by atoms with Gasteiger partial charge in [0.2, 0.25) is 0 Å².